The average Bonchev–Trinajstić information content (AvgIpc) is 2.75. The number of carbonyl (C=O) groups is 2. The minimum atomic E-state index is -1.39. The van der Waals surface area contributed by atoms with E-state index >= 15 is 0 Å². The largest absolute Gasteiger partial charge is 0.454 e. The van der Waals surface area contributed by atoms with E-state index in [2.05, 4.69) is 9.97 Å². The number of carbonyl (C=O) groups excluding carboxylic acids is 2. The summed E-state index contributed by atoms with van der Waals surface area (Å²) in [5, 5.41) is 17.6. The van der Waals surface area contributed by atoms with Crippen molar-refractivity contribution in [3.63, 3.8) is 0 Å². The Labute approximate surface area is 195 Å². The summed E-state index contributed by atoms with van der Waals surface area (Å²) in [6.07, 6.45) is 1.84. The van der Waals surface area contributed by atoms with Crippen LogP contribution < -0.4 is 0 Å². The van der Waals surface area contributed by atoms with Crippen molar-refractivity contribution in [3.8, 4) is 0 Å². The molecule has 3 aromatic rings. The molecule has 0 bridgehead atoms. The molecule has 2 aromatic carbocycles. The molecule has 0 amide bonds. The van der Waals surface area contributed by atoms with Crippen molar-refractivity contribution in [2.24, 2.45) is 5.41 Å². The van der Waals surface area contributed by atoms with Gasteiger partial charge >= 0.3 is 7.12 Å². The lowest BCUT2D eigenvalue weighted by Crippen LogP contribution is -2.19. The highest BCUT2D eigenvalue weighted by molar-refractivity contribution is 6.43. The van der Waals surface area contributed by atoms with Gasteiger partial charge in [0, 0.05) is 12.3 Å². The van der Waals surface area contributed by atoms with Gasteiger partial charge in [0.1, 0.15) is 17.3 Å². The molecule has 1 aromatic heterocycles. The first kappa shape index (κ1) is 28.1. The molecule has 6 nitrogen and oxygen atoms in total. The molecule has 0 saturated heterocycles. The van der Waals surface area contributed by atoms with E-state index in [1.54, 1.807) is 32.0 Å². The van der Waals surface area contributed by atoms with E-state index in [1.807, 2.05) is 45.0 Å². The van der Waals surface area contributed by atoms with Gasteiger partial charge < -0.3 is 10.0 Å². The molecule has 3 rings (SSSR count). The lowest BCUT2D eigenvalue weighted by Gasteiger charge is -2.11. The Balaban J connectivity index is 0.000000261. The van der Waals surface area contributed by atoms with Gasteiger partial charge in [-0.1, -0.05) is 58.0 Å². The molecule has 1 atom stereocenters. The summed E-state index contributed by atoms with van der Waals surface area (Å²) in [4.78, 5) is 29.7. The van der Waals surface area contributed by atoms with Crippen LogP contribution in [0.15, 0.2) is 54.7 Å². The number of rotatable bonds is 4. The number of hydrogen-bond acceptors (Lipinski definition) is 6. The van der Waals surface area contributed by atoms with E-state index in [4.69, 9.17) is 10.0 Å². The van der Waals surface area contributed by atoms with Crippen LogP contribution >= 0.6 is 0 Å². The lowest BCUT2D eigenvalue weighted by molar-refractivity contribution is -0.124. The molecule has 0 radical (unpaired) electrons. The van der Waals surface area contributed by atoms with E-state index in [0.29, 0.717) is 17.7 Å². The first-order valence-corrected chi connectivity index (χ1v) is 10.7. The zero-order valence-corrected chi connectivity index (χ0v) is 20.0. The van der Waals surface area contributed by atoms with Gasteiger partial charge in [-0.05, 0) is 42.9 Å². The van der Waals surface area contributed by atoms with E-state index < -0.39 is 7.12 Å². The summed E-state index contributed by atoms with van der Waals surface area (Å²) < 4.78 is 13.1. The number of nitrogens with zero attached hydrogens (tertiary/aromatic N) is 2. The van der Waals surface area contributed by atoms with Gasteiger partial charge in [-0.2, -0.15) is 0 Å². The molecular formula is C25H32BFN2O4. The van der Waals surface area contributed by atoms with Crippen molar-refractivity contribution in [2.75, 3.05) is 0 Å². The molecule has 33 heavy (non-hydrogen) atoms. The predicted octanol–water partition coefficient (Wildman–Crippen LogP) is 4.69. The highest BCUT2D eigenvalue weighted by atomic mass is 19.1. The quantitative estimate of drug-likeness (QED) is 0.439. The van der Waals surface area contributed by atoms with Gasteiger partial charge in [0.05, 0.1) is 17.2 Å². The van der Waals surface area contributed by atoms with Gasteiger partial charge in [-0.15, -0.1) is 0 Å². The maximum absolute atomic E-state index is 13.1. The molecule has 0 spiro atoms. The first-order chi connectivity index (χ1) is 15.3. The fraction of sp³-hybridized carbons (Fsp3) is 0.360. The molecule has 8 heteroatoms. The Hall–Kier alpha value is -2.97. The molecule has 0 aliphatic carbocycles. The third-order valence-corrected chi connectivity index (χ3v) is 4.87. The predicted molar refractivity (Wildman–Crippen MR) is 129 cm³/mol. The number of hydrogen-bond donors (Lipinski definition) is 2. The summed E-state index contributed by atoms with van der Waals surface area (Å²) in [6.45, 7) is 10.5. The number of aromatic nitrogens is 2. The van der Waals surface area contributed by atoms with E-state index in [1.165, 1.54) is 19.2 Å². The van der Waals surface area contributed by atoms with Crippen LogP contribution in [0.4, 0.5) is 4.39 Å². The topological polar surface area (TPSA) is 100 Å². The van der Waals surface area contributed by atoms with Gasteiger partial charge in [0.2, 0.25) is 0 Å². The maximum Gasteiger partial charge on any atom is 0.454 e. The number of para-hydroxylation sites is 2. The van der Waals surface area contributed by atoms with Gasteiger partial charge in [-0.25, -0.2) is 9.37 Å². The summed E-state index contributed by atoms with van der Waals surface area (Å²) in [6, 6.07) is 13.8. The third-order valence-electron chi connectivity index (χ3n) is 4.87. The van der Waals surface area contributed by atoms with Crippen LogP contribution in [0.3, 0.4) is 0 Å². The maximum atomic E-state index is 13.1. The minimum Gasteiger partial charge on any atom is -0.427 e. The molecule has 1 heterocycles. The molecule has 0 fully saturated rings. The number of Topliss-reactive ketones (excluding diaryl/α,β-unsaturated/α-hetero) is 2. The van der Waals surface area contributed by atoms with Gasteiger partial charge in [-0.3, -0.25) is 14.6 Å². The highest BCUT2D eigenvalue weighted by Crippen LogP contribution is 2.17. The van der Waals surface area contributed by atoms with Crippen LogP contribution in [0.1, 0.15) is 57.6 Å². The van der Waals surface area contributed by atoms with Gasteiger partial charge in [0.15, 0.2) is 5.78 Å². The van der Waals surface area contributed by atoms with Crippen molar-refractivity contribution < 1.29 is 24.0 Å². The Morgan fingerprint density at radius 3 is 2.00 bits per heavy atom. The summed E-state index contributed by atoms with van der Waals surface area (Å²) in [7, 11) is -1.39. The Morgan fingerprint density at radius 2 is 1.52 bits per heavy atom. The number of halogens is 1. The molecule has 0 aliphatic heterocycles. The van der Waals surface area contributed by atoms with Crippen molar-refractivity contribution in [2.45, 2.75) is 53.8 Å². The van der Waals surface area contributed by atoms with Crippen LogP contribution in [0, 0.1) is 11.2 Å². The third kappa shape index (κ3) is 10.0. The average molecular weight is 454 g/mol. The van der Waals surface area contributed by atoms with Crippen LogP contribution in [0.2, 0.25) is 5.82 Å². The Kier molecular flexibility index (Phi) is 11.0. The standard InChI is InChI=1S/C10H8N2O.C9H12BFO2.C6H12O/c1-7(13)10-6-11-8-4-2-3-5-9(8)12-10;1-7(10(12)13)6-8-4-2-3-5-9(8)11;1-5(7)6(2,3)4/h2-6H,1H3;2-5,7,12-13H,6H2,1H3;1-4H3. The molecule has 176 valence electrons. The van der Waals surface area contributed by atoms with Crippen molar-refractivity contribution in [3.05, 3.63) is 71.8 Å². The number of fused-ring (bicyclic) bond motifs is 1. The number of benzene rings is 2. The first-order valence-electron chi connectivity index (χ1n) is 10.7. The Morgan fingerprint density at radius 1 is 1.00 bits per heavy atom. The van der Waals surface area contributed by atoms with Crippen LogP contribution in [-0.2, 0) is 11.2 Å². The zero-order valence-electron chi connectivity index (χ0n) is 20.0. The lowest BCUT2D eigenvalue weighted by atomic mass is 9.71. The van der Waals surface area contributed by atoms with Gasteiger partial charge in [0.25, 0.3) is 0 Å². The normalized spacial score (nSPS) is 11.4. The second-order valence-electron chi connectivity index (χ2n) is 8.79. The Bertz CT molecular complexity index is 1070. The smallest absolute Gasteiger partial charge is 0.427 e. The monoisotopic (exact) mass is 454 g/mol. The molecule has 1 unspecified atom stereocenters. The van der Waals surface area contributed by atoms with Crippen molar-refractivity contribution in [1.29, 1.82) is 0 Å². The summed E-state index contributed by atoms with van der Waals surface area (Å²) in [5.74, 6) is -0.461. The molecule has 2 N–H and O–H groups in total. The van der Waals surface area contributed by atoms with E-state index in [0.717, 1.165) is 11.0 Å². The highest BCUT2D eigenvalue weighted by Gasteiger charge is 2.19. The van der Waals surface area contributed by atoms with Crippen molar-refractivity contribution >= 4 is 29.7 Å². The fourth-order valence-corrected chi connectivity index (χ4v) is 2.24. The number of ketones is 2. The molecule has 0 aliphatic rings. The summed E-state index contributed by atoms with van der Waals surface area (Å²) >= 11 is 0. The zero-order chi connectivity index (χ0) is 25.2. The van der Waals surface area contributed by atoms with E-state index in [9.17, 15) is 14.0 Å². The minimum absolute atomic E-state index is 0.0572. The van der Waals surface area contributed by atoms with Crippen LogP contribution in [0.25, 0.3) is 11.0 Å². The van der Waals surface area contributed by atoms with E-state index in [-0.39, 0.29) is 28.6 Å². The SMILES string of the molecule is CC(=O)C(C)(C)C.CC(=O)c1cnc2ccccc2n1.CC(Cc1ccccc1F)B(O)O. The second kappa shape index (κ2) is 12.9. The van der Waals surface area contributed by atoms with Crippen LogP contribution in [-0.4, -0.2) is 38.7 Å². The molecule has 0 saturated carbocycles. The summed E-state index contributed by atoms with van der Waals surface area (Å²) in [5.41, 5.74) is 2.37. The molecular weight excluding hydrogens is 422 g/mol. The second-order valence-corrected chi connectivity index (χ2v) is 8.79. The van der Waals surface area contributed by atoms with Crippen LogP contribution in [0.5, 0.6) is 0 Å². The fourth-order valence-electron chi connectivity index (χ4n) is 2.24. The van der Waals surface area contributed by atoms with Crippen molar-refractivity contribution in [1.82, 2.24) is 9.97 Å².